The number of likely N-dealkylation sites (tertiary alicyclic amines) is 2. The molecule has 2 N–H and O–H groups in total. The number of hydrogen-bond donors (Lipinski definition) is 1. The zero-order valence-corrected chi connectivity index (χ0v) is 19.9. The lowest BCUT2D eigenvalue weighted by Crippen LogP contribution is -2.41. The molecule has 2 fully saturated rings. The fourth-order valence-electron chi connectivity index (χ4n) is 4.76. The number of amides is 2. The molecule has 0 aliphatic carbocycles. The highest BCUT2D eigenvalue weighted by atomic mass is 35.5. The number of nitrogens with zero attached hydrogens (tertiary/aromatic N) is 3. The van der Waals surface area contributed by atoms with Crippen LogP contribution in [0.2, 0.25) is 0 Å². The summed E-state index contributed by atoms with van der Waals surface area (Å²) in [5, 5.41) is 0. The number of unbranched alkanes of at least 4 members (excludes halogenated alkanes) is 1. The Hall–Kier alpha value is -1.34. The van der Waals surface area contributed by atoms with Crippen molar-refractivity contribution in [1.82, 2.24) is 14.7 Å². The third kappa shape index (κ3) is 5.88. The average Bonchev–Trinajstić information content (AvgIpc) is 3.20. The Morgan fingerprint density at radius 1 is 1.07 bits per heavy atom. The summed E-state index contributed by atoms with van der Waals surface area (Å²) in [6.45, 7) is 5.42. The molecule has 0 aromatic heterocycles. The molecule has 170 valence electrons. The van der Waals surface area contributed by atoms with Crippen LogP contribution in [0.3, 0.4) is 0 Å². The average molecular weight is 459 g/mol. The first-order valence-corrected chi connectivity index (χ1v) is 10.4. The van der Waals surface area contributed by atoms with E-state index in [-0.39, 0.29) is 42.7 Å². The van der Waals surface area contributed by atoms with Gasteiger partial charge in [0.15, 0.2) is 0 Å². The molecule has 2 amide bonds. The first kappa shape index (κ1) is 26.7. The lowest BCUT2D eigenvalue weighted by Gasteiger charge is -2.31. The Labute approximate surface area is 193 Å². The van der Waals surface area contributed by atoms with Crippen LogP contribution in [-0.4, -0.2) is 73.3 Å². The van der Waals surface area contributed by atoms with Gasteiger partial charge in [0.05, 0.1) is 12.6 Å². The maximum atomic E-state index is 13.0. The normalized spacial score (nSPS) is 22.5. The van der Waals surface area contributed by atoms with Crippen molar-refractivity contribution in [3.8, 4) is 0 Å². The number of halogens is 2. The lowest BCUT2D eigenvalue weighted by atomic mass is 9.87. The largest absolute Gasteiger partial charge is 0.342 e. The summed E-state index contributed by atoms with van der Waals surface area (Å²) in [7, 11) is 3.86. The Morgan fingerprint density at radius 2 is 1.77 bits per heavy atom. The van der Waals surface area contributed by atoms with Gasteiger partial charge in [-0.25, -0.2) is 0 Å². The third-order valence-corrected chi connectivity index (χ3v) is 6.14. The predicted octanol–water partition coefficient (Wildman–Crippen LogP) is 2.49. The Bertz CT molecular complexity index is 716. The van der Waals surface area contributed by atoms with Crippen molar-refractivity contribution in [2.24, 2.45) is 17.6 Å². The summed E-state index contributed by atoms with van der Waals surface area (Å²) in [6.07, 6.45) is 2.33. The van der Waals surface area contributed by atoms with E-state index in [0.717, 1.165) is 32.5 Å². The van der Waals surface area contributed by atoms with Gasteiger partial charge in [-0.05, 0) is 51.5 Å². The van der Waals surface area contributed by atoms with Crippen LogP contribution in [0.15, 0.2) is 24.3 Å². The van der Waals surface area contributed by atoms with Gasteiger partial charge in [-0.1, -0.05) is 24.3 Å². The molecule has 1 aromatic carbocycles. The minimum Gasteiger partial charge on any atom is -0.342 e. The molecule has 0 bridgehead atoms. The summed E-state index contributed by atoms with van der Waals surface area (Å²) in [4.78, 5) is 31.6. The molecule has 2 saturated heterocycles. The summed E-state index contributed by atoms with van der Waals surface area (Å²) in [5.41, 5.74) is 7.99. The first-order chi connectivity index (χ1) is 13.4. The van der Waals surface area contributed by atoms with Crippen LogP contribution in [0, 0.1) is 18.8 Å². The van der Waals surface area contributed by atoms with E-state index in [4.69, 9.17) is 5.73 Å². The molecule has 0 spiro atoms. The van der Waals surface area contributed by atoms with Crippen molar-refractivity contribution in [2.75, 3.05) is 46.8 Å². The topological polar surface area (TPSA) is 69.9 Å². The Kier molecular flexibility index (Phi) is 10.6. The number of likely N-dealkylation sites (N-methyl/N-ethyl adjacent to an activating group) is 1. The monoisotopic (exact) mass is 458 g/mol. The molecular formula is C22H36Cl2N4O2. The van der Waals surface area contributed by atoms with Gasteiger partial charge >= 0.3 is 0 Å². The van der Waals surface area contributed by atoms with Crippen molar-refractivity contribution < 1.29 is 9.59 Å². The van der Waals surface area contributed by atoms with Crippen LogP contribution >= 0.6 is 24.8 Å². The fourth-order valence-corrected chi connectivity index (χ4v) is 4.76. The molecule has 0 radical (unpaired) electrons. The minimum atomic E-state index is 0. The second-order valence-electron chi connectivity index (χ2n) is 8.55. The van der Waals surface area contributed by atoms with Crippen LogP contribution in [0.4, 0.5) is 0 Å². The maximum Gasteiger partial charge on any atom is 0.237 e. The predicted molar refractivity (Wildman–Crippen MR) is 125 cm³/mol. The maximum absolute atomic E-state index is 13.0. The van der Waals surface area contributed by atoms with Crippen LogP contribution in [0.1, 0.15) is 36.4 Å². The highest BCUT2D eigenvalue weighted by molar-refractivity contribution is 5.85. The zero-order chi connectivity index (χ0) is 20.3. The number of hydrogen-bond acceptors (Lipinski definition) is 4. The summed E-state index contributed by atoms with van der Waals surface area (Å²) < 4.78 is 0. The van der Waals surface area contributed by atoms with Gasteiger partial charge in [0.2, 0.25) is 11.8 Å². The number of aryl methyl sites for hydroxylation is 1. The molecule has 3 rings (SSSR count). The molecule has 3 atom stereocenters. The smallest absolute Gasteiger partial charge is 0.237 e. The van der Waals surface area contributed by atoms with Crippen LogP contribution in [0.5, 0.6) is 0 Å². The highest BCUT2D eigenvalue weighted by Gasteiger charge is 2.50. The van der Waals surface area contributed by atoms with Gasteiger partial charge in [-0.2, -0.15) is 0 Å². The number of benzene rings is 1. The van der Waals surface area contributed by atoms with Crippen LogP contribution < -0.4 is 5.73 Å². The molecule has 8 heteroatoms. The number of carbonyl (C=O) groups excluding carboxylic acids is 2. The van der Waals surface area contributed by atoms with Crippen molar-refractivity contribution in [2.45, 2.75) is 32.2 Å². The highest BCUT2D eigenvalue weighted by Crippen LogP contribution is 2.45. The van der Waals surface area contributed by atoms with Gasteiger partial charge in [-0.3, -0.25) is 9.59 Å². The number of carbonyl (C=O) groups is 2. The summed E-state index contributed by atoms with van der Waals surface area (Å²) in [6, 6.07) is 8.40. The van der Waals surface area contributed by atoms with E-state index in [1.807, 2.05) is 30.0 Å². The molecule has 1 aromatic rings. The van der Waals surface area contributed by atoms with Crippen molar-refractivity contribution in [3.05, 3.63) is 35.4 Å². The van der Waals surface area contributed by atoms with Gasteiger partial charge in [0, 0.05) is 37.9 Å². The van der Waals surface area contributed by atoms with Crippen LogP contribution in [0.25, 0.3) is 0 Å². The van der Waals surface area contributed by atoms with Gasteiger partial charge in [0.25, 0.3) is 0 Å². The molecule has 2 aliphatic heterocycles. The Morgan fingerprint density at radius 3 is 2.40 bits per heavy atom. The van der Waals surface area contributed by atoms with Gasteiger partial charge in [-0.15, -0.1) is 24.8 Å². The molecular weight excluding hydrogens is 423 g/mol. The Balaban J connectivity index is 0.00000225. The molecule has 0 unspecified atom stereocenters. The molecule has 2 heterocycles. The SMILES string of the molecule is Cc1ccccc1[C@H]1[C@@H]2CN(C(=O)CCCCN)C[C@@H]2CN1C(=O)CN(C)C.Cl.Cl. The molecule has 2 aliphatic rings. The third-order valence-electron chi connectivity index (χ3n) is 6.14. The molecule has 6 nitrogen and oxygen atoms in total. The van der Waals surface area contributed by atoms with E-state index < -0.39 is 0 Å². The number of rotatable bonds is 7. The van der Waals surface area contributed by atoms with E-state index in [1.54, 1.807) is 0 Å². The van der Waals surface area contributed by atoms with E-state index in [1.165, 1.54) is 11.1 Å². The van der Waals surface area contributed by atoms with E-state index in [0.29, 0.717) is 31.3 Å². The van der Waals surface area contributed by atoms with E-state index >= 15 is 0 Å². The first-order valence-electron chi connectivity index (χ1n) is 10.4. The summed E-state index contributed by atoms with van der Waals surface area (Å²) >= 11 is 0. The second-order valence-corrected chi connectivity index (χ2v) is 8.55. The lowest BCUT2D eigenvalue weighted by molar-refractivity contribution is -0.134. The van der Waals surface area contributed by atoms with Gasteiger partial charge < -0.3 is 20.4 Å². The molecule has 0 saturated carbocycles. The zero-order valence-electron chi connectivity index (χ0n) is 18.3. The van der Waals surface area contributed by atoms with Gasteiger partial charge in [0.1, 0.15) is 0 Å². The fraction of sp³-hybridized carbons (Fsp3) is 0.636. The van der Waals surface area contributed by atoms with E-state index in [9.17, 15) is 9.59 Å². The summed E-state index contributed by atoms with van der Waals surface area (Å²) in [5.74, 6) is 1.07. The van der Waals surface area contributed by atoms with Crippen molar-refractivity contribution >= 4 is 36.6 Å². The molecule has 30 heavy (non-hydrogen) atoms. The minimum absolute atomic E-state index is 0. The number of fused-ring (bicyclic) bond motifs is 1. The van der Waals surface area contributed by atoms with E-state index in [2.05, 4.69) is 30.0 Å². The number of nitrogens with two attached hydrogens (primary N) is 1. The van der Waals surface area contributed by atoms with Crippen molar-refractivity contribution in [3.63, 3.8) is 0 Å². The second kappa shape index (κ2) is 11.9. The van der Waals surface area contributed by atoms with Crippen LogP contribution in [-0.2, 0) is 9.59 Å². The standard InChI is InChI=1S/C22H34N4O2.2ClH/c1-16-8-4-5-9-18(16)22-19-14-25(20(27)10-6-7-11-23)12-17(19)13-26(22)21(28)15-24(2)3;;/h4-5,8-9,17,19,22H,6-7,10-15,23H2,1-3H3;2*1H/t17-,19-,22+;;/m1../s1. The quantitative estimate of drug-likeness (QED) is 0.637. The van der Waals surface area contributed by atoms with Crippen molar-refractivity contribution in [1.29, 1.82) is 0 Å².